The molecule has 0 bridgehead atoms. The molecule has 2 aromatic rings. The highest BCUT2D eigenvalue weighted by atomic mass is 32.2. The highest BCUT2D eigenvalue weighted by Crippen LogP contribution is 2.25. The first-order valence-corrected chi connectivity index (χ1v) is 9.56. The summed E-state index contributed by atoms with van der Waals surface area (Å²) in [6.07, 6.45) is 3.44. The summed E-state index contributed by atoms with van der Waals surface area (Å²) in [4.78, 5) is 29.1. The van der Waals surface area contributed by atoms with Gasteiger partial charge in [-0.15, -0.1) is 0 Å². The molecule has 0 saturated carbocycles. The van der Waals surface area contributed by atoms with E-state index in [4.69, 9.17) is 0 Å². The summed E-state index contributed by atoms with van der Waals surface area (Å²) in [7, 11) is 0. The van der Waals surface area contributed by atoms with Gasteiger partial charge in [0.15, 0.2) is 5.16 Å². The Kier molecular flexibility index (Phi) is 5.58. The first-order valence-electron chi connectivity index (χ1n) is 8.58. The molecule has 0 saturated heterocycles. The summed E-state index contributed by atoms with van der Waals surface area (Å²) in [6, 6.07) is 10.4. The molecule has 1 aromatic heterocycles. The lowest BCUT2D eigenvalue weighted by molar-refractivity contribution is -0.125. The number of carbonyl (C=O) groups is 1. The Morgan fingerprint density at radius 2 is 2.16 bits per heavy atom. The fraction of sp³-hybridized carbons (Fsp3) is 0.421. The van der Waals surface area contributed by atoms with Gasteiger partial charge in [0, 0.05) is 30.1 Å². The molecule has 132 valence electrons. The molecular weight excluding hydrogens is 334 g/mol. The van der Waals surface area contributed by atoms with Crippen LogP contribution in [0.3, 0.4) is 0 Å². The maximum Gasteiger partial charge on any atom is 0.257 e. The predicted molar refractivity (Wildman–Crippen MR) is 99.8 cm³/mol. The summed E-state index contributed by atoms with van der Waals surface area (Å²) < 4.78 is 1.63. The molecule has 2 unspecified atom stereocenters. The second-order valence-electron chi connectivity index (χ2n) is 6.58. The minimum absolute atomic E-state index is 0.0205. The van der Waals surface area contributed by atoms with Crippen molar-refractivity contribution < 1.29 is 4.79 Å². The third-order valence-electron chi connectivity index (χ3n) is 4.47. The van der Waals surface area contributed by atoms with Crippen LogP contribution in [0.25, 0.3) is 0 Å². The van der Waals surface area contributed by atoms with Gasteiger partial charge in [0.2, 0.25) is 5.91 Å². The van der Waals surface area contributed by atoms with Crippen molar-refractivity contribution in [1.82, 2.24) is 14.9 Å². The largest absolute Gasteiger partial charge is 0.353 e. The number of hydrogen-bond donors (Lipinski definition) is 1. The summed E-state index contributed by atoms with van der Waals surface area (Å²) in [5.41, 5.74) is 1.84. The number of thioether (sulfide) groups is 1. The molecule has 2 heterocycles. The fourth-order valence-electron chi connectivity index (χ4n) is 2.92. The van der Waals surface area contributed by atoms with Crippen LogP contribution in [-0.2, 0) is 17.8 Å². The number of aryl methyl sites for hydroxylation is 2. The van der Waals surface area contributed by atoms with E-state index in [-0.39, 0.29) is 23.4 Å². The molecule has 0 spiro atoms. The second-order valence-corrected chi connectivity index (χ2v) is 7.57. The van der Waals surface area contributed by atoms with Crippen LogP contribution in [0.4, 0.5) is 0 Å². The van der Waals surface area contributed by atoms with Crippen molar-refractivity contribution in [3.8, 4) is 0 Å². The zero-order valence-electron chi connectivity index (χ0n) is 14.6. The molecule has 1 N–H and O–H groups in total. The molecule has 0 radical (unpaired) electrons. The fourth-order valence-corrected chi connectivity index (χ4v) is 3.97. The van der Waals surface area contributed by atoms with Crippen molar-refractivity contribution in [3.63, 3.8) is 0 Å². The molecule has 5 nitrogen and oxygen atoms in total. The summed E-state index contributed by atoms with van der Waals surface area (Å²) in [5, 5.41) is 3.80. The predicted octanol–water partition coefficient (Wildman–Crippen LogP) is 2.41. The third-order valence-corrected chi connectivity index (χ3v) is 5.62. The van der Waals surface area contributed by atoms with E-state index in [1.807, 2.05) is 25.1 Å². The molecule has 6 heteroatoms. The Balaban J connectivity index is 1.56. The highest BCUT2D eigenvalue weighted by molar-refractivity contribution is 7.99. The number of hydrogen-bond acceptors (Lipinski definition) is 4. The zero-order valence-corrected chi connectivity index (χ0v) is 15.4. The molecular formula is C19H23N3O2S. The van der Waals surface area contributed by atoms with Gasteiger partial charge in [0.25, 0.3) is 5.56 Å². The Morgan fingerprint density at radius 1 is 1.40 bits per heavy atom. The Bertz CT molecular complexity index is 804. The van der Waals surface area contributed by atoms with Crippen molar-refractivity contribution in [3.05, 3.63) is 58.0 Å². The monoisotopic (exact) mass is 357 g/mol. The first kappa shape index (κ1) is 17.7. The van der Waals surface area contributed by atoms with Crippen LogP contribution in [0.1, 0.15) is 24.5 Å². The minimum atomic E-state index is -0.196. The molecule has 25 heavy (non-hydrogen) atoms. The van der Waals surface area contributed by atoms with Gasteiger partial charge in [-0.05, 0) is 32.3 Å². The number of nitrogens with one attached hydrogen (secondary N) is 1. The molecule has 0 fully saturated rings. The molecule has 0 aliphatic carbocycles. The van der Waals surface area contributed by atoms with Gasteiger partial charge in [0.1, 0.15) is 0 Å². The molecule has 2 atom stereocenters. The quantitative estimate of drug-likeness (QED) is 0.835. The van der Waals surface area contributed by atoms with E-state index in [0.717, 1.165) is 12.8 Å². The molecule has 1 aliphatic rings. The lowest BCUT2D eigenvalue weighted by Gasteiger charge is -2.25. The first-order chi connectivity index (χ1) is 12.0. The van der Waals surface area contributed by atoms with Gasteiger partial charge >= 0.3 is 0 Å². The average molecular weight is 357 g/mol. The van der Waals surface area contributed by atoms with E-state index in [0.29, 0.717) is 23.0 Å². The van der Waals surface area contributed by atoms with Crippen molar-refractivity contribution in [2.24, 2.45) is 5.92 Å². The summed E-state index contributed by atoms with van der Waals surface area (Å²) >= 11 is 1.48. The van der Waals surface area contributed by atoms with Crippen LogP contribution in [0.5, 0.6) is 0 Å². The van der Waals surface area contributed by atoms with E-state index in [1.54, 1.807) is 17.7 Å². The lowest BCUT2D eigenvalue weighted by Crippen LogP contribution is -2.43. The van der Waals surface area contributed by atoms with E-state index in [9.17, 15) is 9.59 Å². The van der Waals surface area contributed by atoms with Gasteiger partial charge in [0.05, 0.1) is 5.92 Å². The lowest BCUT2D eigenvalue weighted by atomic mass is 10.1. The van der Waals surface area contributed by atoms with E-state index < -0.39 is 0 Å². The van der Waals surface area contributed by atoms with E-state index in [2.05, 4.69) is 22.4 Å². The van der Waals surface area contributed by atoms with Gasteiger partial charge < -0.3 is 5.32 Å². The smallest absolute Gasteiger partial charge is 0.257 e. The van der Waals surface area contributed by atoms with Crippen LogP contribution in [0.15, 0.2) is 46.5 Å². The van der Waals surface area contributed by atoms with E-state index >= 15 is 0 Å². The molecule has 1 amide bonds. The minimum Gasteiger partial charge on any atom is -0.353 e. The maximum absolute atomic E-state index is 12.6. The normalized spacial score (nSPS) is 17.6. The Morgan fingerprint density at radius 3 is 2.92 bits per heavy atom. The second kappa shape index (κ2) is 7.87. The number of fused-ring (bicyclic) bond motifs is 1. The number of carbonyl (C=O) groups excluding carboxylic acids is 1. The van der Waals surface area contributed by atoms with Crippen molar-refractivity contribution >= 4 is 17.7 Å². The summed E-state index contributed by atoms with van der Waals surface area (Å²) in [5.74, 6) is 0.484. The van der Waals surface area contributed by atoms with Gasteiger partial charge in [-0.1, -0.05) is 42.1 Å². The molecule has 1 aromatic carbocycles. The number of nitrogens with zero attached hydrogens (tertiary/aromatic N) is 2. The summed E-state index contributed by atoms with van der Waals surface area (Å²) in [6.45, 7) is 4.19. The Labute approximate surface area is 151 Å². The number of benzene rings is 1. The van der Waals surface area contributed by atoms with Gasteiger partial charge in [-0.2, -0.15) is 0 Å². The number of amides is 1. The van der Waals surface area contributed by atoms with Crippen molar-refractivity contribution in [1.29, 1.82) is 0 Å². The number of rotatable bonds is 5. The average Bonchev–Trinajstić information content (AvgIpc) is 2.63. The van der Waals surface area contributed by atoms with Crippen LogP contribution >= 0.6 is 11.8 Å². The van der Waals surface area contributed by atoms with Gasteiger partial charge in [-0.25, -0.2) is 4.98 Å². The van der Waals surface area contributed by atoms with E-state index in [1.165, 1.54) is 17.3 Å². The topological polar surface area (TPSA) is 64.0 Å². The van der Waals surface area contributed by atoms with Crippen LogP contribution < -0.4 is 10.9 Å². The number of aromatic nitrogens is 2. The van der Waals surface area contributed by atoms with Crippen LogP contribution in [0, 0.1) is 12.8 Å². The zero-order chi connectivity index (χ0) is 17.8. The molecule has 1 aliphatic heterocycles. The SMILES string of the molecule is Cc1cnc2n(c1=O)CC(C(=O)NC(C)CCc1ccccc1)CS2. The van der Waals surface area contributed by atoms with Crippen LogP contribution in [-0.4, -0.2) is 27.3 Å². The third kappa shape index (κ3) is 4.31. The molecule has 3 rings (SSSR count). The van der Waals surface area contributed by atoms with Crippen molar-refractivity contribution in [2.45, 2.75) is 44.4 Å². The van der Waals surface area contributed by atoms with Crippen LogP contribution in [0.2, 0.25) is 0 Å². The highest BCUT2D eigenvalue weighted by Gasteiger charge is 2.27. The standard InChI is InChI=1S/C19H23N3O2S/c1-13-10-20-19-22(18(13)24)11-16(12-25-19)17(23)21-14(2)8-9-15-6-4-3-5-7-15/h3-7,10,14,16H,8-9,11-12H2,1-2H3,(H,21,23). The van der Waals surface area contributed by atoms with Crippen molar-refractivity contribution in [2.75, 3.05) is 5.75 Å². The Hall–Kier alpha value is -2.08. The van der Waals surface area contributed by atoms with Gasteiger partial charge in [-0.3, -0.25) is 14.2 Å². The maximum atomic E-state index is 12.6.